The van der Waals surface area contributed by atoms with E-state index < -0.39 is 12.7 Å². The van der Waals surface area contributed by atoms with E-state index in [1.807, 2.05) is 6.20 Å². The molecule has 6 aliphatic rings. The molecule has 25 heavy (non-hydrogen) atoms. The predicted octanol–water partition coefficient (Wildman–Crippen LogP) is 0.833. The van der Waals surface area contributed by atoms with Crippen molar-refractivity contribution in [1.29, 1.82) is 0 Å². The van der Waals surface area contributed by atoms with Crippen LogP contribution in [0.25, 0.3) is 6.08 Å². The summed E-state index contributed by atoms with van der Waals surface area (Å²) in [4.78, 5) is 4.55. The molecule has 1 aromatic rings. The number of pyridine rings is 1. The summed E-state index contributed by atoms with van der Waals surface area (Å²) in [5.74, 6) is 2.09. The van der Waals surface area contributed by atoms with Crippen LogP contribution >= 0.6 is 0 Å². The van der Waals surface area contributed by atoms with Crippen molar-refractivity contribution >= 4 is 24.3 Å². The highest BCUT2D eigenvalue weighted by Crippen LogP contribution is 2.59. The monoisotopic (exact) mass is 335 g/mol. The number of nitrogens with one attached hydrogen (secondary N) is 1. The molecule has 1 aromatic heterocycles. The number of hydrazone groups is 1. The van der Waals surface area contributed by atoms with Crippen molar-refractivity contribution in [1.82, 2.24) is 10.3 Å². The van der Waals surface area contributed by atoms with Crippen LogP contribution in [0.1, 0.15) is 48.9 Å². The molecule has 2 unspecified atom stereocenters. The number of aliphatic hydroxyl groups is 1. The van der Waals surface area contributed by atoms with Crippen LogP contribution in [0, 0.1) is 23.7 Å². The van der Waals surface area contributed by atoms with Crippen molar-refractivity contribution in [3.05, 3.63) is 29.1 Å². The van der Waals surface area contributed by atoms with Crippen LogP contribution in [-0.2, 0) is 6.42 Å². The highest BCUT2D eigenvalue weighted by Gasteiger charge is 2.56. The Labute approximate surface area is 147 Å². The molecule has 6 heteroatoms. The van der Waals surface area contributed by atoms with Gasteiger partial charge in [-0.15, -0.1) is 0 Å². The maximum Gasteiger partial charge on any atom is 0.465 e. The van der Waals surface area contributed by atoms with E-state index in [-0.39, 0.29) is 0 Å². The van der Waals surface area contributed by atoms with Gasteiger partial charge in [0.2, 0.25) is 0 Å². The average molecular weight is 335 g/mol. The van der Waals surface area contributed by atoms with Crippen LogP contribution in [0.4, 0.5) is 0 Å². The topological polar surface area (TPSA) is 77.7 Å². The fraction of sp³-hybridized carbons (Fsp3) is 0.579. The molecule has 2 heterocycles. The minimum atomic E-state index is -0.786. The van der Waals surface area contributed by atoms with E-state index in [0.29, 0.717) is 23.7 Å². The molecule has 4 saturated carbocycles. The summed E-state index contributed by atoms with van der Waals surface area (Å²) < 4.78 is 0. The lowest BCUT2D eigenvalue weighted by Gasteiger charge is -2.58. The van der Waals surface area contributed by atoms with Crippen molar-refractivity contribution in [2.45, 2.75) is 44.1 Å². The third-order valence-electron chi connectivity index (χ3n) is 7.24. The lowest BCUT2D eigenvalue weighted by molar-refractivity contribution is -0.137. The van der Waals surface area contributed by atoms with Crippen LogP contribution < -0.4 is 10.8 Å². The smallest absolute Gasteiger partial charge is 0.428 e. The van der Waals surface area contributed by atoms with Crippen LogP contribution in [0.2, 0.25) is 0 Å². The van der Waals surface area contributed by atoms with Gasteiger partial charge in [-0.1, -0.05) is 12.2 Å². The second kappa shape index (κ2) is 4.74. The average Bonchev–Trinajstić information content (AvgIpc) is 3.03. The van der Waals surface area contributed by atoms with Gasteiger partial charge in [0.15, 0.2) is 0 Å². The summed E-state index contributed by atoms with van der Waals surface area (Å²) in [6.07, 6.45) is 12.2. The van der Waals surface area contributed by atoms with Gasteiger partial charge >= 0.3 is 7.05 Å². The Morgan fingerprint density at radius 2 is 2.00 bits per heavy atom. The second-order valence-electron chi connectivity index (χ2n) is 8.80. The first kappa shape index (κ1) is 14.5. The van der Waals surface area contributed by atoms with Gasteiger partial charge in [-0.05, 0) is 49.9 Å². The van der Waals surface area contributed by atoms with Gasteiger partial charge in [0.05, 0.1) is 17.0 Å². The highest BCUT2D eigenvalue weighted by molar-refractivity contribution is 6.66. The zero-order valence-corrected chi connectivity index (χ0v) is 14.2. The summed E-state index contributed by atoms with van der Waals surface area (Å²) in [5, 5.41) is 28.9. The predicted molar refractivity (Wildman–Crippen MR) is 96.2 cm³/mol. The zero-order valence-electron chi connectivity index (χ0n) is 14.2. The fourth-order valence-electron chi connectivity index (χ4n) is 6.63. The molecule has 4 fully saturated rings. The second-order valence-corrected chi connectivity index (χ2v) is 8.80. The van der Waals surface area contributed by atoms with E-state index in [1.54, 1.807) is 0 Å². The molecule has 3 N–H and O–H groups in total. The van der Waals surface area contributed by atoms with Crippen molar-refractivity contribution in [2.75, 3.05) is 0 Å². The van der Waals surface area contributed by atoms with E-state index in [1.165, 1.54) is 12.8 Å². The van der Waals surface area contributed by atoms with E-state index >= 15 is 0 Å². The van der Waals surface area contributed by atoms with E-state index in [9.17, 15) is 10.1 Å². The number of nitrogens with zero attached hydrogens (tertiary/aromatic N) is 2. The Morgan fingerprint density at radius 3 is 2.76 bits per heavy atom. The summed E-state index contributed by atoms with van der Waals surface area (Å²) in [5.41, 5.74) is 4.85. The Kier molecular flexibility index (Phi) is 2.75. The first-order chi connectivity index (χ1) is 12.1. The number of hydrogen-bond acceptors (Lipinski definition) is 5. The Balaban J connectivity index is 1.49. The van der Waals surface area contributed by atoms with Gasteiger partial charge in [0.1, 0.15) is 0 Å². The maximum atomic E-state index is 10.9. The lowest BCUT2D eigenvalue weighted by atomic mass is 9.48. The SMILES string of the molecule is OB1NN=C(C2C3CC4CC2CC(O)(C4)C3)c2c1cnc1c2C=CC1. The molecular formula is C19H22BN3O2. The molecule has 7 rings (SSSR count). The third kappa shape index (κ3) is 1.92. The molecule has 5 aliphatic carbocycles. The van der Waals surface area contributed by atoms with Crippen LogP contribution in [0.15, 0.2) is 17.4 Å². The van der Waals surface area contributed by atoms with Crippen LogP contribution in [0.5, 0.6) is 0 Å². The summed E-state index contributed by atoms with van der Waals surface area (Å²) in [6.45, 7) is 0. The summed E-state index contributed by atoms with van der Waals surface area (Å²) >= 11 is 0. The Morgan fingerprint density at radius 1 is 1.20 bits per heavy atom. The molecule has 128 valence electrons. The van der Waals surface area contributed by atoms with Crippen molar-refractivity contribution in [3.8, 4) is 0 Å². The van der Waals surface area contributed by atoms with E-state index in [2.05, 4.69) is 27.6 Å². The molecule has 0 aromatic carbocycles. The summed E-state index contributed by atoms with van der Waals surface area (Å²) in [7, 11) is -0.786. The van der Waals surface area contributed by atoms with Crippen molar-refractivity contribution in [2.24, 2.45) is 28.8 Å². The minimum absolute atomic E-state index is 0.385. The third-order valence-corrected chi connectivity index (χ3v) is 7.24. The van der Waals surface area contributed by atoms with E-state index in [4.69, 9.17) is 0 Å². The van der Waals surface area contributed by atoms with Gasteiger partial charge < -0.3 is 15.5 Å². The minimum Gasteiger partial charge on any atom is -0.428 e. The number of rotatable bonds is 1. The molecule has 0 saturated heterocycles. The van der Waals surface area contributed by atoms with Crippen LogP contribution in [-0.4, -0.2) is 33.5 Å². The molecule has 0 radical (unpaired) electrons. The first-order valence-electron chi connectivity index (χ1n) is 9.53. The van der Waals surface area contributed by atoms with Gasteiger partial charge in [-0.25, -0.2) is 0 Å². The summed E-state index contributed by atoms with van der Waals surface area (Å²) in [6, 6.07) is 0. The quantitative estimate of drug-likeness (QED) is 0.665. The number of fused-ring (bicyclic) bond motifs is 3. The molecular weight excluding hydrogens is 313 g/mol. The Bertz CT molecular complexity index is 820. The standard InChI is InChI=1S/C19H22BN3O2/c24-19-6-10-4-11(7-19)16(12(5-10)8-19)18-17-13-2-1-3-15(13)21-9-14(17)20(25)23-22-18/h1-2,9-12,16,23-25H,3-8H2. The fourth-order valence-corrected chi connectivity index (χ4v) is 6.63. The molecule has 0 spiro atoms. The molecule has 0 amide bonds. The molecule has 2 atom stereocenters. The van der Waals surface area contributed by atoms with Gasteiger partial charge in [0.25, 0.3) is 0 Å². The molecule has 4 bridgehead atoms. The number of aromatic nitrogens is 1. The lowest BCUT2D eigenvalue weighted by Crippen LogP contribution is -2.59. The van der Waals surface area contributed by atoms with Gasteiger partial charge in [-0.2, -0.15) is 5.10 Å². The number of allylic oxidation sites excluding steroid dienone is 1. The van der Waals surface area contributed by atoms with Crippen molar-refractivity contribution in [3.63, 3.8) is 0 Å². The largest absolute Gasteiger partial charge is 0.465 e. The van der Waals surface area contributed by atoms with Gasteiger partial charge in [-0.3, -0.25) is 4.98 Å². The Hall–Kier alpha value is -1.66. The highest BCUT2D eigenvalue weighted by atomic mass is 16.3. The molecule has 1 aliphatic heterocycles. The normalized spacial score (nSPS) is 39.9. The van der Waals surface area contributed by atoms with Crippen LogP contribution in [0.3, 0.4) is 0 Å². The number of hydrogen-bond donors (Lipinski definition) is 3. The zero-order chi connectivity index (χ0) is 16.8. The first-order valence-corrected chi connectivity index (χ1v) is 9.53. The van der Waals surface area contributed by atoms with Crippen molar-refractivity contribution < 1.29 is 10.1 Å². The van der Waals surface area contributed by atoms with E-state index in [0.717, 1.165) is 53.7 Å². The van der Waals surface area contributed by atoms with Gasteiger partial charge in [0, 0.05) is 35.1 Å². The molecule has 5 nitrogen and oxygen atoms in total. The maximum absolute atomic E-state index is 10.9.